The number of hydrogen-bond donors (Lipinski definition) is 2. The average molecular weight is 385 g/mol. The maximum absolute atomic E-state index is 12.6. The first-order valence-corrected chi connectivity index (χ1v) is 8.98. The second kappa shape index (κ2) is 8.60. The van der Waals surface area contributed by atoms with E-state index in [0.29, 0.717) is 24.6 Å². The van der Waals surface area contributed by atoms with E-state index in [1.165, 1.54) is 18.3 Å². The predicted octanol–water partition coefficient (Wildman–Crippen LogP) is 2.51. The van der Waals surface area contributed by atoms with Crippen LogP contribution in [-0.4, -0.2) is 60.2 Å². The van der Waals surface area contributed by atoms with Gasteiger partial charge in [0.2, 0.25) is 0 Å². The molecule has 0 radical (unpaired) electrons. The number of methoxy groups -OCH3 is 2. The fourth-order valence-corrected chi connectivity index (χ4v) is 3.16. The Hall–Kier alpha value is -3.29. The normalized spacial score (nSPS) is 14.4. The van der Waals surface area contributed by atoms with Crippen molar-refractivity contribution in [3.63, 3.8) is 0 Å². The highest BCUT2D eigenvalue weighted by Crippen LogP contribution is 2.27. The molecule has 0 saturated carbocycles. The summed E-state index contributed by atoms with van der Waals surface area (Å²) < 4.78 is 10.6. The molecular formula is C20H23N3O5. The van der Waals surface area contributed by atoms with E-state index in [-0.39, 0.29) is 23.2 Å². The van der Waals surface area contributed by atoms with Gasteiger partial charge in [-0.1, -0.05) is 0 Å². The molecule has 1 aliphatic rings. The molecule has 148 valence electrons. The monoisotopic (exact) mass is 385 g/mol. The topological polar surface area (TPSA) is 101 Å². The molecule has 1 aromatic carbocycles. The molecule has 0 atom stereocenters. The van der Waals surface area contributed by atoms with Crippen LogP contribution in [0, 0.1) is 0 Å². The lowest BCUT2D eigenvalue weighted by molar-refractivity contribution is 0.0687. The standard InChI is InChI=1S/C20H23N3O5/c1-27-16-9-15(10-17(11-16)28-2)22-14-5-7-23(8-6-14)19(24)18-4-3-13(12-21-18)20(25)26/h3-4,9-12,14,22H,5-8H2,1-2H3,(H,25,26). The Bertz CT molecular complexity index is 823. The predicted molar refractivity (Wildman–Crippen MR) is 103 cm³/mol. The van der Waals surface area contributed by atoms with E-state index in [1.54, 1.807) is 19.1 Å². The van der Waals surface area contributed by atoms with Gasteiger partial charge in [-0.15, -0.1) is 0 Å². The van der Waals surface area contributed by atoms with Gasteiger partial charge in [0.05, 0.1) is 19.8 Å². The van der Waals surface area contributed by atoms with Gasteiger partial charge in [-0.05, 0) is 25.0 Å². The first-order valence-electron chi connectivity index (χ1n) is 8.98. The van der Waals surface area contributed by atoms with Crippen molar-refractivity contribution in [3.8, 4) is 11.5 Å². The minimum atomic E-state index is -1.06. The summed E-state index contributed by atoms with van der Waals surface area (Å²) in [5, 5.41) is 12.4. The van der Waals surface area contributed by atoms with Gasteiger partial charge in [-0.2, -0.15) is 0 Å². The molecule has 1 fully saturated rings. The van der Waals surface area contributed by atoms with Crippen LogP contribution in [0.5, 0.6) is 11.5 Å². The van der Waals surface area contributed by atoms with Crippen LogP contribution in [-0.2, 0) is 0 Å². The van der Waals surface area contributed by atoms with Crippen LogP contribution in [0.25, 0.3) is 0 Å². The lowest BCUT2D eigenvalue weighted by Gasteiger charge is -2.32. The second-order valence-corrected chi connectivity index (χ2v) is 6.55. The molecular weight excluding hydrogens is 362 g/mol. The SMILES string of the molecule is COc1cc(NC2CCN(C(=O)c3ccc(C(=O)O)cn3)CC2)cc(OC)c1. The Morgan fingerprint density at radius 3 is 2.25 bits per heavy atom. The number of amides is 1. The smallest absolute Gasteiger partial charge is 0.337 e. The number of aromatic nitrogens is 1. The summed E-state index contributed by atoms with van der Waals surface area (Å²) in [6, 6.07) is 8.71. The third-order valence-corrected chi connectivity index (χ3v) is 4.73. The molecule has 2 aromatic rings. The molecule has 0 spiro atoms. The van der Waals surface area contributed by atoms with E-state index in [9.17, 15) is 9.59 Å². The Morgan fingerprint density at radius 2 is 1.75 bits per heavy atom. The van der Waals surface area contributed by atoms with Gasteiger partial charge in [0, 0.05) is 49.2 Å². The maximum Gasteiger partial charge on any atom is 0.337 e. The number of carboxylic acid groups (broad SMARTS) is 1. The number of carboxylic acids is 1. The number of ether oxygens (including phenoxy) is 2. The molecule has 2 N–H and O–H groups in total. The number of piperidine rings is 1. The minimum absolute atomic E-state index is 0.0631. The number of hydrogen-bond acceptors (Lipinski definition) is 6. The number of likely N-dealkylation sites (tertiary alicyclic amines) is 1. The van der Waals surface area contributed by atoms with Gasteiger partial charge in [0.1, 0.15) is 17.2 Å². The summed E-state index contributed by atoms with van der Waals surface area (Å²) in [6.07, 6.45) is 2.79. The number of nitrogens with zero attached hydrogens (tertiary/aromatic N) is 2. The van der Waals surface area contributed by atoms with Crippen LogP contribution in [0.15, 0.2) is 36.5 Å². The van der Waals surface area contributed by atoms with Crippen molar-refractivity contribution in [1.82, 2.24) is 9.88 Å². The van der Waals surface area contributed by atoms with Crippen LogP contribution in [0.2, 0.25) is 0 Å². The van der Waals surface area contributed by atoms with Crippen molar-refractivity contribution in [3.05, 3.63) is 47.8 Å². The third-order valence-electron chi connectivity index (χ3n) is 4.73. The molecule has 2 heterocycles. The van der Waals surface area contributed by atoms with Crippen molar-refractivity contribution in [2.24, 2.45) is 0 Å². The number of anilines is 1. The highest BCUT2D eigenvalue weighted by Gasteiger charge is 2.24. The summed E-state index contributed by atoms with van der Waals surface area (Å²) in [5.74, 6) is 0.182. The fraction of sp³-hybridized carbons (Fsp3) is 0.350. The third kappa shape index (κ3) is 4.51. The molecule has 28 heavy (non-hydrogen) atoms. The Kier molecular flexibility index (Phi) is 5.98. The molecule has 8 nitrogen and oxygen atoms in total. The molecule has 1 amide bonds. The number of benzene rings is 1. The van der Waals surface area contributed by atoms with Crippen LogP contribution in [0.1, 0.15) is 33.7 Å². The molecule has 0 unspecified atom stereocenters. The molecule has 1 aromatic heterocycles. The van der Waals surface area contributed by atoms with Crippen molar-refractivity contribution in [1.29, 1.82) is 0 Å². The number of pyridine rings is 1. The number of carbonyl (C=O) groups is 2. The number of rotatable bonds is 6. The second-order valence-electron chi connectivity index (χ2n) is 6.55. The van der Waals surface area contributed by atoms with Crippen molar-refractivity contribution < 1.29 is 24.2 Å². The summed E-state index contributed by atoms with van der Waals surface area (Å²) in [7, 11) is 3.22. The van der Waals surface area contributed by atoms with E-state index in [0.717, 1.165) is 18.5 Å². The zero-order chi connectivity index (χ0) is 20.1. The Morgan fingerprint density at radius 1 is 1.11 bits per heavy atom. The summed E-state index contributed by atoms with van der Waals surface area (Å²) >= 11 is 0. The zero-order valence-corrected chi connectivity index (χ0v) is 15.8. The zero-order valence-electron chi connectivity index (χ0n) is 15.8. The highest BCUT2D eigenvalue weighted by molar-refractivity contribution is 5.93. The van der Waals surface area contributed by atoms with Gasteiger partial charge in [-0.3, -0.25) is 9.78 Å². The van der Waals surface area contributed by atoms with Crippen molar-refractivity contribution in [2.45, 2.75) is 18.9 Å². The average Bonchev–Trinajstić information content (AvgIpc) is 2.73. The summed E-state index contributed by atoms with van der Waals surface area (Å²) in [6.45, 7) is 1.19. The fourth-order valence-electron chi connectivity index (χ4n) is 3.16. The van der Waals surface area contributed by atoms with Crippen LogP contribution < -0.4 is 14.8 Å². The quantitative estimate of drug-likeness (QED) is 0.788. The highest BCUT2D eigenvalue weighted by atomic mass is 16.5. The Labute approximate surface area is 163 Å². The molecule has 1 saturated heterocycles. The van der Waals surface area contributed by atoms with Gasteiger partial charge in [-0.25, -0.2) is 4.79 Å². The van der Waals surface area contributed by atoms with E-state index >= 15 is 0 Å². The maximum atomic E-state index is 12.6. The molecule has 3 rings (SSSR count). The van der Waals surface area contributed by atoms with Gasteiger partial charge >= 0.3 is 5.97 Å². The van der Waals surface area contributed by atoms with Gasteiger partial charge in [0.25, 0.3) is 5.91 Å². The summed E-state index contributed by atoms with van der Waals surface area (Å²) in [5.41, 5.74) is 1.23. The first kappa shape index (κ1) is 19.5. The molecule has 1 aliphatic heterocycles. The van der Waals surface area contributed by atoms with Crippen molar-refractivity contribution in [2.75, 3.05) is 32.6 Å². The molecule has 0 aliphatic carbocycles. The molecule has 8 heteroatoms. The van der Waals surface area contributed by atoms with Crippen LogP contribution in [0.4, 0.5) is 5.69 Å². The van der Waals surface area contributed by atoms with Crippen molar-refractivity contribution >= 4 is 17.6 Å². The van der Waals surface area contributed by atoms with E-state index in [4.69, 9.17) is 14.6 Å². The number of carbonyl (C=O) groups excluding carboxylic acids is 1. The van der Waals surface area contributed by atoms with Gasteiger partial charge < -0.3 is 24.8 Å². The van der Waals surface area contributed by atoms with Crippen LogP contribution in [0.3, 0.4) is 0 Å². The number of nitrogens with one attached hydrogen (secondary N) is 1. The lowest BCUT2D eigenvalue weighted by atomic mass is 10.0. The van der Waals surface area contributed by atoms with E-state index < -0.39 is 5.97 Å². The Balaban J connectivity index is 1.58. The largest absolute Gasteiger partial charge is 0.497 e. The first-order chi connectivity index (χ1) is 13.5. The van der Waals surface area contributed by atoms with E-state index in [2.05, 4.69) is 10.3 Å². The van der Waals surface area contributed by atoms with Crippen LogP contribution >= 0.6 is 0 Å². The van der Waals surface area contributed by atoms with E-state index in [1.807, 2.05) is 18.2 Å². The van der Waals surface area contributed by atoms with Gasteiger partial charge in [0.15, 0.2) is 0 Å². The minimum Gasteiger partial charge on any atom is -0.497 e. The summed E-state index contributed by atoms with van der Waals surface area (Å²) in [4.78, 5) is 29.2. The number of aromatic carboxylic acids is 1. The lowest BCUT2D eigenvalue weighted by Crippen LogP contribution is -2.42. The molecule has 0 bridgehead atoms.